The van der Waals surface area contributed by atoms with E-state index in [0.29, 0.717) is 5.56 Å². The van der Waals surface area contributed by atoms with E-state index in [9.17, 15) is 23.1 Å². The standard InChI is InChI=1S/C16H23NO5S/c1-10-6-7-11(2)13(8-10)23(21,22)17-12(15(19)20)9-14(18)16(3,4)5/h6-8,12,17H,9H2,1-5H3,(H,19,20). The Morgan fingerprint density at radius 3 is 2.26 bits per heavy atom. The SMILES string of the molecule is Cc1ccc(C)c(S(=O)(=O)NC(CC(=O)C(C)(C)C)C(=O)O)c1. The molecular weight excluding hydrogens is 318 g/mol. The minimum Gasteiger partial charge on any atom is -0.480 e. The summed E-state index contributed by atoms with van der Waals surface area (Å²) in [7, 11) is -4.03. The predicted octanol–water partition coefficient (Wildman–Crippen LogP) is 2.04. The number of carbonyl (C=O) groups excluding carboxylic acids is 1. The average molecular weight is 341 g/mol. The van der Waals surface area contributed by atoms with Crippen molar-refractivity contribution < 1.29 is 23.1 Å². The number of carbonyl (C=O) groups is 2. The molecule has 0 bridgehead atoms. The van der Waals surface area contributed by atoms with Crippen LogP contribution in [-0.4, -0.2) is 31.3 Å². The molecule has 0 aliphatic carbocycles. The van der Waals surface area contributed by atoms with Gasteiger partial charge in [0.15, 0.2) is 0 Å². The number of rotatable bonds is 6. The van der Waals surface area contributed by atoms with Gasteiger partial charge >= 0.3 is 5.97 Å². The van der Waals surface area contributed by atoms with Gasteiger partial charge in [0, 0.05) is 11.8 Å². The number of hydrogen-bond acceptors (Lipinski definition) is 4. The monoisotopic (exact) mass is 341 g/mol. The number of carboxylic acid groups (broad SMARTS) is 1. The lowest BCUT2D eigenvalue weighted by molar-refractivity contribution is -0.141. The zero-order valence-electron chi connectivity index (χ0n) is 14.0. The molecule has 7 heteroatoms. The Bertz CT molecular complexity index is 716. The van der Waals surface area contributed by atoms with Crippen molar-refractivity contribution in [2.45, 2.75) is 52.0 Å². The van der Waals surface area contributed by atoms with Gasteiger partial charge in [0.2, 0.25) is 10.0 Å². The van der Waals surface area contributed by atoms with Crippen molar-refractivity contribution in [1.29, 1.82) is 0 Å². The summed E-state index contributed by atoms with van der Waals surface area (Å²) in [6.07, 6.45) is -0.400. The molecule has 0 spiro atoms. The molecule has 128 valence electrons. The topological polar surface area (TPSA) is 101 Å². The number of sulfonamides is 1. The van der Waals surface area contributed by atoms with Crippen LogP contribution in [0.25, 0.3) is 0 Å². The quantitative estimate of drug-likeness (QED) is 0.824. The smallest absolute Gasteiger partial charge is 0.322 e. The van der Waals surface area contributed by atoms with Gasteiger partial charge in [0.05, 0.1) is 4.90 Å². The lowest BCUT2D eigenvalue weighted by atomic mass is 9.87. The number of hydrogen-bond donors (Lipinski definition) is 2. The maximum atomic E-state index is 12.5. The van der Waals surface area contributed by atoms with Crippen LogP contribution in [0.3, 0.4) is 0 Å². The molecule has 0 radical (unpaired) electrons. The molecule has 23 heavy (non-hydrogen) atoms. The van der Waals surface area contributed by atoms with E-state index in [-0.39, 0.29) is 10.7 Å². The van der Waals surface area contributed by atoms with Crippen molar-refractivity contribution in [2.75, 3.05) is 0 Å². The number of nitrogens with one attached hydrogen (secondary N) is 1. The van der Waals surface area contributed by atoms with Crippen LogP contribution in [0.2, 0.25) is 0 Å². The maximum absolute atomic E-state index is 12.5. The molecule has 0 heterocycles. The van der Waals surface area contributed by atoms with Crippen molar-refractivity contribution >= 4 is 21.8 Å². The first kappa shape index (κ1) is 19.3. The Hall–Kier alpha value is -1.73. The Morgan fingerprint density at radius 2 is 1.78 bits per heavy atom. The van der Waals surface area contributed by atoms with Crippen LogP contribution in [0.4, 0.5) is 0 Å². The molecule has 0 aliphatic rings. The highest BCUT2D eigenvalue weighted by atomic mass is 32.2. The van der Waals surface area contributed by atoms with Crippen LogP contribution in [0.5, 0.6) is 0 Å². The highest BCUT2D eigenvalue weighted by Gasteiger charge is 2.32. The largest absolute Gasteiger partial charge is 0.480 e. The van der Waals surface area contributed by atoms with E-state index in [4.69, 9.17) is 0 Å². The van der Waals surface area contributed by atoms with Crippen LogP contribution >= 0.6 is 0 Å². The molecule has 1 rings (SSSR count). The van der Waals surface area contributed by atoms with Crippen molar-refractivity contribution in [3.8, 4) is 0 Å². The highest BCUT2D eigenvalue weighted by Crippen LogP contribution is 2.20. The van der Waals surface area contributed by atoms with Gasteiger partial charge in [-0.05, 0) is 31.0 Å². The second kappa shape index (κ2) is 6.80. The lowest BCUT2D eigenvalue weighted by Crippen LogP contribution is -2.43. The predicted molar refractivity (Wildman–Crippen MR) is 86.7 cm³/mol. The number of carboxylic acids is 1. The zero-order valence-corrected chi connectivity index (χ0v) is 14.8. The molecule has 2 N–H and O–H groups in total. The molecule has 1 unspecified atom stereocenters. The van der Waals surface area contributed by atoms with E-state index in [1.54, 1.807) is 46.8 Å². The summed E-state index contributed by atoms with van der Waals surface area (Å²) in [5, 5.41) is 9.24. The van der Waals surface area contributed by atoms with Crippen LogP contribution in [0.1, 0.15) is 38.3 Å². The molecule has 0 saturated heterocycles. The summed E-state index contributed by atoms with van der Waals surface area (Å²) < 4.78 is 27.1. The van der Waals surface area contributed by atoms with Gasteiger partial charge in [0.1, 0.15) is 11.8 Å². The van der Waals surface area contributed by atoms with Gasteiger partial charge in [0.25, 0.3) is 0 Å². The van der Waals surface area contributed by atoms with E-state index in [1.807, 2.05) is 0 Å². The van der Waals surface area contributed by atoms with Crippen LogP contribution < -0.4 is 4.72 Å². The fraction of sp³-hybridized carbons (Fsp3) is 0.500. The van der Waals surface area contributed by atoms with Crippen LogP contribution in [0.15, 0.2) is 23.1 Å². The fourth-order valence-corrected chi connectivity index (χ4v) is 3.44. The molecule has 0 aromatic heterocycles. The van der Waals surface area contributed by atoms with E-state index < -0.39 is 33.9 Å². The Labute approximate surface area is 137 Å². The third-order valence-corrected chi connectivity index (χ3v) is 5.07. The fourth-order valence-electron chi connectivity index (χ4n) is 1.92. The zero-order chi connectivity index (χ0) is 18.0. The maximum Gasteiger partial charge on any atom is 0.322 e. The van der Waals surface area contributed by atoms with Gasteiger partial charge in [-0.15, -0.1) is 0 Å². The first-order valence-electron chi connectivity index (χ1n) is 7.20. The highest BCUT2D eigenvalue weighted by molar-refractivity contribution is 7.89. The average Bonchev–Trinajstić information content (AvgIpc) is 2.39. The molecule has 0 fully saturated rings. The first-order chi connectivity index (χ1) is 10.3. The van der Waals surface area contributed by atoms with Crippen LogP contribution in [0, 0.1) is 19.3 Å². The number of aliphatic carboxylic acids is 1. The van der Waals surface area contributed by atoms with Gasteiger partial charge in [-0.25, -0.2) is 8.42 Å². The first-order valence-corrected chi connectivity index (χ1v) is 8.68. The molecule has 0 saturated carbocycles. The van der Waals surface area contributed by atoms with Gasteiger partial charge in [-0.1, -0.05) is 32.9 Å². The number of aryl methyl sites for hydroxylation is 2. The van der Waals surface area contributed by atoms with Crippen molar-refractivity contribution in [2.24, 2.45) is 5.41 Å². The van der Waals surface area contributed by atoms with Gasteiger partial charge < -0.3 is 5.11 Å². The summed E-state index contributed by atoms with van der Waals surface area (Å²) in [6.45, 7) is 8.36. The number of Topliss-reactive ketones (excluding diaryl/α,β-unsaturated/α-hetero) is 1. The van der Waals surface area contributed by atoms with Crippen LogP contribution in [-0.2, 0) is 19.6 Å². The third kappa shape index (κ3) is 5.14. The normalized spacial score (nSPS) is 13.6. The molecule has 1 aromatic carbocycles. The minimum atomic E-state index is -4.03. The Morgan fingerprint density at radius 1 is 1.22 bits per heavy atom. The summed E-state index contributed by atoms with van der Waals surface area (Å²) in [5.41, 5.74) is 0.515. The third-order valence-electron chi connectivity index (χ3n) is 3.45. The minimum absolute atomic E-state index is 0.0203. The Kier molecular flexibility index (Phi) is 5.71. The Balaban J connectivity index is 3.11. The molecule has 0 aliphatic heterocycles. The van der Waals surface area contributed by atoms with Crippen molar-refractivity contribution in [1.82, 2.24) is 4.72 Å². The number of benzene rings is 1. The number of ketones is 1. The van der Waals surface area contributed by atoms with Crippen molar-refractivity contribution in [3.05, 3.63) is 29.3 Å². The molecule has 6 nitrogen and oxygen atoms in total. The summed E-state index contributed by atoms with van der Waals surface area (Å²) in [4.78, 5) is 23.4. The second-order valence-electron chi connectivity index (χ2n) is 6.66. The molecular formula is C16H23NO5S. The summed E-state index contributed by atoms with van der Waals surface area (Å²) in [6, 6.07) is 3.40. The van der Waals surface area contributed by atoms with E-state index in [0.717, 1.165) is 5.56 Å². The van der Waals surface area contributed by atoms with Gasteiger partial charge in [-0.3, -0.25) is 9.59 Å². The second-order valence-corrected chi connectivity index (χ2v) is 8.34. The molecule has 1 atom stereocenters. The lowest BCUT2D eigenvalue weighted by Gasteiger charge is -2.21. The van der Waals surface area contributed by atoms with E-state index in [1.165, 1.54) is 6.07 Å². The summed E-state index contributed by atoms with van der Waals surface area (Å²) >= 11 is 0. The molecule has 0 amide bonds. The van der Waals surface area contributed by atoms with E-state index >= 15 is 0 Å². The molecule has 1 aromatic rings. The van der Waals surface area contributed by atoms with Crippen molar-refractivity contribution in [3.63, 3.8) is 0 Å². The summed E-state index contributed by atoms with van der Waals surface area (Å²) in [5.74, 6) is -1.70. The van der Waals surface area contributed by atoms with Gasteiger partial charge in [-0.2, -0.15) is 4.72 Å². The van der Waals surface area contributed by atoms with E-state index in [2.05, 4.69) is 4.72 Å².